The molecule has 0 spiro atoms. The van der Waals surface area contributed by atoms with E-state index < -0.39 is 0 Å². The summed E-state index contributed by atoms with van der Waals surface area (Å²) in [5.74, 6) is 0. The zero-order chi connectivity index (χ0) is 20.5. The molecule has 0 aliphatic carbocycles. The van der Waals surface area contributed by atoms with Gasteiger partial charge in [-0.3, -0.25) is 0 Å². The Balaban J connectivity index is 1.40. The highest BCUT2D eigenvalue weighted by atomic mass is 16.5. The Hall–Kier alpha value is -2.44. The lowest BCUT2D eigenvalue weighted by Crippen LogP contribution is -2.18. The van der Waals surface area contributed by atoms with Crippen LogP contribution in [0.2, 0.25) is 0 Å². The summed E-state index contributed by atoms with van der Waals surface area (Å²) in [6, 6.07) is 4.53. The predicted molar refractivity (Wildman–Crippen MR) is 116 cm³/mol. The summed E-state index contributed by atoms with van der Waals surface area (Å²) in [7, 11) is 0. The van der Waals surface area contributed by atoms with E-state index in [2.05, 4.69) is 48.6 Å². The molecule has 3 aromatic rings. The molecule has 2 unspecified atom stereocenters. The number of benzene rings is 1. The van der Waals surface area contributed by atoms with Crippen LogP contribution < -0.4 is 0 Å². The van der Waals surface area contributed by atoms with Gasteiger partial charge in [0.15, 0.2) is 0 Å². The van der Waals surface area contributed by atoms with Crippen molar-refractivity contribution in [2.75, 3.05) is 13.2 Å². The summed E-state index contributed by atoms with van der Waals surface area (Å²) < 4.78 is 15.7. The normalized spacial score (nSPS) is 22.3. The second-order valence-electron chi connectivity index (χ2n) is 8.54. The summed E-state index contributed by atoms with van der Waals surface area (Å²) in [5.41, 5.74) is 7.20. The van der Waals surface area contributed by atoms with E-state index in [0.29, 0.717) is 0 Å². The molecule has 6 heteroatoms. The lowest BCUT2D eigenvalue weighted by molar-refractivity contribution is -0.0395. The molecule has 30 heavy (non-hydrogen) atoms. The second kappa shape index (κ2) is 8.36. The molecule has 0 saturated carbocycles. The van der Waals surface area contributed by atoms with Gasteiger partial charge < -0.3 is 9.47 Å². The molecule has 5 rings (SSSR count). The highest BCUT2D eigenvalue weighted by molar-refractivity contribution is 5.75. The number of aromatic nitrogens is 4. The van der Waals surface area contributed by atoms with Crippen molar-refractivity contribution in [1.82, 2.24) is 19.6 Å². The number of aryl methyl sites for hydroxylation is 2. The summed E-state index contributed by atoms with van der Waals surface area (Å²) in [4.78, 5) is 0. The summed E-state index contributed by atoms with van der Waals surface area (Å²) in [6.07, 6.45) is 15.1. The molecule has 158 valence electrons. The van der Waals surface area contributed by atoms with Gasteiger partial charge in [0.2, 0.25) is 0 Å². The first-order chi connectivity index (χ1) is 14.7. The zero-order valence-corrected chi connectivity index (χ0v) is 17.9. The van der Waals surface area contributed by atoms with Gasteiger partial charge in [-0.2, -0.15) is 10.2 Å². The number of hydrogen-bond acceptors (Lipinski definition) is 4. The third-order valence-electron chi connectivity index (χ3n) is 6.30. The molecule has 2 aliphatic rings. The van der Waals surface area contributed by atoms with Crippen molar-refractivity contribution >= 4 is 0 Å². The van der Waals surface area contributed by atoms with Gasteiger partial charge in [-0.25, -0.2) is 9.36 Å². The monoisotopic (exact) mass is 406 g/mol. The Morgan fingerprint density at radius 1 is 0.733 bits per heavy atom. The molecule has 2 aliphatic heterocycles. The molecule has 0 amide bonds. The van der Waals surface area contributed by atoms with E-state index in [9.17, 15) is 0 Å². The van der Waals surface area contributed by atoms with Crippen molar-refractivity contribution < 1.29 is 9.47 Å². The van der Waals surface area contributed by atoms with Crippen molar-refractivity contribution in [3.63, 3.8) is 0 Å². The van der Waals surface area contributed by atoms with Crippen LogP contribution in [0.15, 0.2) is 36.9 Å². The number of hydrogen-bond donors (Lipinski definition) is 0. The predicted octanol–water partition coefficient (Wildman–Crippen LogP) is 5.43. The van der Waals surface area contributed by atoms with Crippen molar-refractivity contribution in [3.8, 4) is 22.3 Å². The second-order valence-corrected chi connectivity index (χ2v) is 8.54. The van der Waals surface area contributed by atoms with Crippen LogP contribution in [0.3, 0.4) is 0 Å². The first-order valence-electron chi connectivity index (χ1n) is 11.1. The molecule has 4 heterocycles. The minimum Gasteiger partial charge on any atom is -0.357 e. The molecule has 6 nitrogen and oxygen atoms in total. The molecule has 2 atom stereocenters. The van der Waals surface area contributed by atoms with E-state index in [1.54, 1.807) is 0 Å². The van der Waals surface area contributed by atoms with E-state index in [1.165, 1.54) is 35.1 Å². The van der Waals surface area contributed by atoms with Crippen LogP contribution >= 0.6 is 0 Å². The van der Waals surface area contributed by atoms with Gasteiger partial charge in [0, 0.05) is 36.7 Å². The first-order valence-corrected chi connectivity index (χ1v) is 11.1. The Morgan fingerprint density at radius 2 is 1.20 bits per heavy atom. The standard InChI is InChI=1S/C24H30N4O2/c1-17-11-22(20-14-26-28(16-20)24-8-4-6-10-30-24)18(2)12-21(17)19-13-25-27(15-19)23-7-3-5-9-29-23/h11-16,23-24H,3-10H2,1-2H3. The Bertz CT molecular complexity index is 928. The van der Waals surface area contributed by atoms with Crippen molar-refractivity contribution in [2.24, 2.45) is 0 Å². The molecule has 2 fully saturated rings. The molecule has 2 saturated heterocycles. The zero-order valence-electron chi connectivity index (χ0n) is 17.9. The maximum Gasteiger partial charge on any atom is 0.150 e. The van der Waals surface area contributed by atoms with Crippen LogP contribution in [0.5, 0.6) is 0 Å². The molecule has 0 bridgehead atoms. The smallest absolute Gasteiger partial charge is 0.150 e. The largest absolute Gasteiger partial charge is 0.357 e. The van der Waals surface area contributed by atoms with Gasteiger partial charge in [-0.05, 0) is 74.6 Å². The van der Waals surface area contributed by atoms with E-state index in [1.807, 2.05) is 21.8 Å². The van der Waals surface area contributed by atoms with E-state index >= 15 is 0 Å². The van der Waals surface area contributed by atoms with Crippen molar-refractivity contribution in [3.05, 3.63) is 48.0 Å². The van der Waals surface area contributed by atoms with Crippen molar-refractivity contribution in [2.45, 2.75) is 64.8 Å². The third-order valence-corrected chi connectivity index (χ3v) is 6.30. The van der Waals surface area contributed by atoms with E-state index in [4.69, 9.17) is 9.47 Å². The first kappa shape index (κ1) is 19.5. The average molecular weight is 407 g/mol. The average Bonchev–Trinajstić information content (AvgIpc) is 3.47. The fourth-order valence-corrected chi connectivity index (χ4v) is 4.57. The molecule has 1 aromatic carbocycles. The minimum absolute atomic E-state index is 0.0704. The Kier molecular flexibility index (Phi) is 5.44. The number of rotatable bonds is 4. The van der Waals surface area contributed by atoms with Gasteiger partial charge in [0.25, 0.3) is 0 Å². The molecule has 2 aromatic heterocycles. The summed E-state index contributed by atoms with van der Waals surface area (Å²) in [5, 5.41) is 9.17. The van der Waals surface area contributed by atoms with Gasteiger partial charge in [-0.15, -0.1) is 0 Å². The Morgan fingerprint density at radius 3 is 1.60 bits per heavy atom. The van der Waals surface area contributed by atoms with Crippen molar-refractivity contribution in [1.29, 1.82) is 0 Å². The molecular weight excluding hydrogens is 376 g/mol. The van der Waals surface area contributed by atoms with E-state index in [-0.39, 0.29) is 12.5 Å². The third kappa shape index (κ3) is 3.82. The fourth-order valence-electron chi connectivity index (χ4n) is 4.57. The highest BCUT2D eigenvalue weighted by Gasteiger charge is 2.19. The highest BCUT2D eigenvalue weighted by Crippen LogP contribution is 2.33. The molecule has 0 N–H and O–H groups in total. The maximum atomic E-state index is 5.88. The summed E-state index contributed by atoms with van der Waals surface area (Å²) in [6.45, 7) is 5.99. The molecular formula is C24H30N4O2. The minimum atomic E-state index is 0.0704. The SMILES string of the molecule is Cc1cc(-c2cnn(C3CCCCO3)c2)c(C)cc1-c1cnn(C2CCCCO2)c1. The van der Waals surface area contributed by atoms with Crippen LogP contribution in [0, 0.1) is 13.8 Å². The van der Waals surface area contributed by atoms with Gasteiger partial charge in [0.05, 0.1) is 12.4 Å². The van der Waals surface area contributed by atoms with E-state index in [0.717, 1.165) is 50.0 Å². The lowest BCUT2D eigenvalue weighted by Gasteiger charge is -2.22. The quantitative estimate of drug-likeness (QED) is 0.580. The van der Waals surface area contributed by atoms with Gasteiger partial charge >= 0.3 is 0 Å². The van der Waals surface area contributed by atoms with Crippen LogP contribution in [0.25, 0.3) is 22.3 Å². The maximum absolute atomic E-state index is 5.88. The van der Waals surface area contributed by atoms with Crippen LogP contribution in [-0.4, -0.2) is 32.8 Å². The van der Waals surface area contributed by atoms with Crippen LogP contribution in [0.4, 0.5) is 0 Å². The van der Waals surface area contributed by atoms with Crippen LogP contribution in [0.1, 0.15) is 62.1 Å². The fraction of sp³-hybridized carbons (Fsp3) is 0.500. The topological polar surface area (TPSA) is 54.1 Å². The number of ether oxygens (including phenoxy) is 2. The molecule has 0 radical (unpaired) electrons. The Labute approximate surface area is 177 Å². The lowest BCUT2D eigenvalue weighted by atomic mass is 9.94. The summed E-state index contributed by atoms with van der Waals surface area (Å²) >= 11 is 0. The van der Waals surface area contributed by atoms with Gasteiger partial charge in [0.1, 0.15) is 12.5 Å². The van der Waals surface area contributed by atoms with Gasteiger partial charge in [-0.1, -0.05) is 12.1 Å². The van der Waals surface area contributed by atoms with Crippen LogP contribution in [-0.2, 0) is 9.47 Å². The number of nitrogens with zero attached hydrogens (tertiary/aromatic N) is 4.